The number of nitrogens with one attached hydrogen (secondary N) is 2. The van der Waals surface area contributed by atoms with Crippen molar-refractivity contribution in [3.05, 3.63) is 28.3 Å². The number of anilines is 1. The number of hydrogen-bond acceptors (Lipinski definition) is 5. The average Bonchev–Trinajstić information content (AvgIpc) is 2.44. The number of nitro groups is 1. The lowest BCUT2D eigenvalue weighted by molar-refractivity contribution is -0.384. The molecule has 21 heavy (non-hydrogen) atoms. The summed E-state index contributed by atoms with van der Waals surface area (Å²) in [6, 6.07) is 3.48. The van der Waals surface area contributed by atoms with Gasteiger partial charge in [-0.25, -0.2) is 13.1 Å². The van der Waals surface area contributed by atoms with Crippen LogP contribution in [0.15, 0.2) is 23.1 Å². The van der Waals surface area contributed by atoms with Crippen LogP contribution in [0, 0.1) is 16.0 Å². The van der Waals surface area contributed by atoms with Crippen molar-refractivity contribution < 1.29 is 13.3 Å². The third-order valence-electron chi connectivity index (χ3n) is 3.58. The normalized spacial score (nSPS) is 14.5. The van der Waals surface area contributed by atoms with Gasteiger partial charge in [-0.05, 0) is 25.0 Å². The highest BCUT2D eigenvalue weighted by molar-refractivity contribution is 7.89. The monoisotopic (exact) mass is 315 g/mol. The summed E-state index contributed by atoms with van der Waals surface area (Å²) in [4.78, 5) is 10.3. The Hall–Kier alpha value is -1.67. The minimum atomic E-state index is -3.70. The predicted octanol–water partition coefficient (Wildman–Crippen LogP) is 2.35. The van der Waals surface area contributed by atoms with Gasteiger partial charge in [0.2, 0.25) is 10.0 Å². The minimum absolute atomic E-state index is 0.00704. The number of sulfonamides is 1. The van der Waals surface area contributed by atoms with E-state index >= 15 is 0 Å². The molecule has 0 spiro atoms. The van der Waals surface area contributed by atoms with Crippen molar-refractivity contribution in [1.82, 2.24) is 4.72 Å². The average molecular weight is 315 g/mol. The van der Waals surface area contributed by atoms with Gasteiger partial charge >= 0.3 is 0 Å². The molecule has 0 aliphatic heterocycles. The first-order valence-electron chi connectivity index (χ1n) is 6.71. The molecule has 0 amide bonds. The van der Waals surface area contributed by atoms with Gasteiger partial charge in [0.25, 0.3) is 5.69 Å². The zero-order valence-corrected chi connectivity index (χ0v) is 13.4. The molecule has 2 unspecified atom stereocenters. The fourth-order valence-corrected chi connectivity index (χ4v) is 3.20. The molecule has 0 aromatic heterocycles. The molecule has 2 atom stereocenters. The third-order valence-corrected chi connectivity index (χ3v) is 5.14. The maximum absolute atomic E-state index is 12.3. The van der Waals surface area contributed by atoms with Crippen LogP contribution in [0.3, 0.4) is 0 Å². The smallest absolute Gasteiger partial charge is 0.292 e. The number of hydrogen-bond donors (Lipinski definition) is 2. The van der Waals surface area contributed by atoms with Gasteiger partial charge in [0.15, 0.2) is 0 Å². The second-order valence-corrected chi connectivity index (χ2v) is 6.70. The van der Waals surface area contributed by atoms with Crippen LogP contribution in [0.25, 0.3) is 0 Å². The van der Waals surface area contributed by atoms with Gasteiger partial charge in [0.1, 0.15) is 5.69 Å². The molecular formula is C13H21N3O4S. The van der Waals surface area contributed by atoms with Crippen molar-refractivity contribution in [3.8, 4) is 0 Å². The van der Waals surface area contributed by atoms with Gasteiger partial charge < -0.3 is 5.32 Å². The Labute approximate surface area is 124 Å². The Balaban J connectivity index is 3.12. The van der Waals surface area contributed by atoms with E-state index in [1.54, 1.807) is 6.92 Å². The summed E-state index contributed by atoms with van der Waals surface area (Å²) >= 11 is 0. The summed E-state index contributed by atoms with van der Waals surface area (Å²) in [7, 11) is -2.19. The first-order valence-corrected chi connectivity index (χ1v) is 8.19. The molecule has 0 bridgehead atoms. The van der Waals surface area contributed by atoms with E-state index in [1.165, 1.54) is 25.2 Å². The summed E-state index contributed by atoms with van der Waals surface area (Å²) in [5.74, 6) is 0.196. The standard InChI is InChI=1S/C13H21N3O4S/c1-5-9(2)10(3)15-21(19,20)11-6-7-13(16(17)18)12(8-11)14-4/h6-10,14-15H,5H2,1-4H3. The molecule has 0 fully saturated rings. The fourth-order valence-electron chi connectivity index (χ4n) is 1.82. The second-order valence-electron chi connectivity index (χ2n) is 4.98. The number of benzene rings is 1. The Morgan fingerprint density at radius 1 is 1.33 bits per heavy atom. The quantitative estimate of drug-likeness (QED) is 0.594. The SMILES string of the molecule is CCC(C)C(C)NS(=O)(=O)c1ccc([N+](=O)[O-])c(NC)c1. The molecule has 1 aromatic rings. The summed E-state index contributed by atoms with van der Waals surface area (Å²) < 4.78 is 27.2. The van der Waals surface area contributed by atoms with E-state index < -0.39 is 14.9 Å². The molecule has 0 radical (unpaired) electrons. The van der Waals surface area contributed by atoms with E-state index in [1.807, 2.05) is 13.8 Å². The molecule has 1 rings (SSSR count). The van der Waals surface area contributed by atoms with Gasteiger partial charge in [-0.2, -0.15) is 0 Å². The molecule has 1 aromatic carbocycles. The molecule has 8 heteroatoms. The van der Waals surface area contributed by atoms with Crippen LogP contribution >= 0.6 is 0 Å². The number of rotatable bonds is 7. The van der Waals surface area contributed by atoms with Gasteiger partial charge in [0.05, 0.1) is 9.82 Å². The van der Waals surface area contributed by atoms with Crippen LogP contribution < -0.4 is 10.0 Å². The molecular weight excluding hydrogens is 294 g/mol. The summed E-state index contributed by atoms with van der Waals surface area (Å²) in [6.45, 7) is 5.75. The third kappa shape index (κ3) is 4.15. The number of nitro benzene ring substituents is 1. The maximum atomic E-state index is 12.3. The summed E-state index contributed by atoms with van der Waals surface area (Å²) in [5.41, 5.74) is 0.00509. The molecule has 118 valence electrons. The van der Waals surface area contributed by atoms with Gasteiger partial charge in [0, 0.05) is 19.2 Å². The van der Waals surface area contributed by atoms with Crippen molar-refractivity contribution in [2.75, 3.05) is 12.4 Å². The molecule has 0 aliphatic rings. The predicted molar refractivity (Wildman–Crippen MR) is 81.9 cm³/mol. The van der Waals surface area contributed by atoms with E-state index in [0.717, 1.165) is 6.42 Å². The molecule has 0 aliphatic carbocycles. The Kier molecular flexibility index (Phi) is 5.68. The van der Waals surface area contributed by atoms with E-state index in [4.69, 9.17) is 0 Å². The Morgan fingerprint density at radius 3 is 2.43 bits per heavy atom. The van der Waals surface area contributed by atoms with Crippen molar-refractivity contribution in [2.45, 2.75) is 38.1 Å². The molecule has 2 N–H and O–H groups in total. The summed E-state index contributed by atoms with van der Waals surface area (Å²) in [5, 5.41) is 13.5. The highest BCUT2D eigenvalue weighted by Crippen LogP contribution is 2.27. The van der Waals surface area contributed by atoms with E-state index in [2.05, 4.69) is 10.0 Å². The van der Waals surface area contributed by atoms with Gasteiger partial charge in [-0.3, -0.25) is 10.1 Å². The lowest BCUT2D eigenvalue weighted by Gasteiger charge is -2.20. The topological polar surface area (TPSA) is 101 Å². The molecule has 7 nitrogen and oxygen atoms in total. The van der Waals surface area contributed by atoms with Crippen LogP contribution in [0.5, 0.6) is 0 Å². The van der Waals surface area contributed by atoms with Crippen molar-refractivity contribution in [1.29, 1.82) is 0 Å². The zero-order valence-electron chi connectivity index (χ0n) is 12.6. The Morgan fingerprint density at radius 2 is 1.95 bits per heavy atom. The zero-order chi connectivity index (χ0) is 16.2. The van der Waals surface area contributed by atoms with Gasteiger partial charge in [-0.1, -0.05) is 20.3 Å². The van der Waals surface area contributed by atoms with Gasteiger partial charge in [-0.15, -0.1) is 0 Å². The lowest BCUT2D eigenvalue weighted by atomic mass is 10.0. The lowest BCUT2D eigenvalue weighted by Crippen LogP contribution is -2.36. The fraction of sp³-hybridized carbons (Fsp3) is 0.538. The van der Waals surface area contributed by atoms with E-state index in [0.29, 0.717) is 0 Å². The molecule has 0 heterocycles. The first-order chi connectivity index (χ1) is 9.72. The first kappa shape index (κ1) is 17.4. The van der Waals surface area contributed by atoms with E-state index in [-0.39, 0.29) is 28.2 Å². The van der Waals surface area contributed by atoms with Crippen LogP contribution in [-0.4, -0.2) is 26.4 Å². The van der Waals surface area contributed by atoms with Crippen molar-refractivity contribution in [3.63, 3.8) is 0 Å². The molecule has 0 saturated heterocycles. The van der Waals surface area contributed by atoms with Crippen molar-refractivity contribution >= 4 is 21.4 Å². The van der Waals surface area contributed by atoms with Crippen LogP contribution in [0.2, 0.25) is 0 Å². The number of nitrogens with zero attached hydrogens (tertiary/aromatic N) is 1. The minimum Gasteiger partial charge on any atom is -0.383 e. The molecule has 0 saturated carbocycles. The van der Waals surface area contributed by atoms with Crippen LogP contribution in [0.4, 0.5) is 11.4 Å². The van der Waals surface area contributed by atoms with E-state index in [9.17, 15) is 18.5 Å². The van der Waals surface area contributed by atoms with Crippen LogP contribution in [0.1, 0.15) is 27.2 Å². The summed E-state index contributed by atoms with van der Waals surface area (Å²) in [6.07, 6.45) is 0.853. The highest BCUT2D eigenvalue weighted by Gasteiger charge is 2.23. The second kappa shape index (κ2) is 6.86. The maximum Gasteiger partial charge on any atom is 0.292 e. The largest absolute Gasteiger partial charge is 0.383 e. The Bertz CT molecular complexity index is 616. The van der Waals surface area contributed by atoms with Crippen LogP contribution in [-0.2, 0) is 10.0 Å². The highest BCUT2D eigenvalue weighted by atomic mass is 32.2. The van der Waals surface area contributed by atoms with Crippen molar-refractivity contribution in [2.24, 2.45) is 5.92 Å².